The summed E-state index contributed by atoms with van der Waals surface area (Å²) in [6.07, 6.45) is 0.821. The monoisotopic (exact) mass is 517 g/mol. The highest BCUT2D eigenvalue weighted by Crippen LogP contribution is 2.46. The van der Waals surface area contributed by atoms with Gasteiger partial charge in [-0.25, -0.2) is 0 Å². The second kappa shape index (κ2) is 11.7. The Kier molecular flexibility index (Phi) is 8.21. The number of benzene rings is 3. The SMILES string of the molecule is CCCOc1cccc(/C(O)=C2\C(=O)C(=O)N(Cc3ccccc3)C2c2cc(OC)c(OC)c(OC)c2)c1. The van der Waals surface area contributed by atoms with Crippen molar-refractivity contribution in [2.45, 2.75) is 25.9 Å². The lowest BCUT2D eigenvalue weighted by Gasteiger charge is -2.26. The van der Waals surface area contributed by atoms with Gasteiger partial charge in [-0.2, -0.15) is 0 Å². The second-order valence-electron chi connectivity index (χ2n) is 8.75. The number of carbonyl (C=O) groups is 2. The molecule has 198 valence electrons. The standard InChI is InChI=1S/C30H31NO7/c1-5-14-38-22-13-9-12-20(15-22)27(32)25-26(21-16-23(35-2)29(37-4)24(17-21)36-3)31(30(34)28(25)33)18-19-10-7-6-8-11-19/h6-13,15-17,26,32H,5,14,18H2,1-4H3/b27-25+. The molecule has 4 rings (SSSR count). The van der Waals surface area contributed by atoms with E-state index < -0.39 is 17.7 Å². The Bertz CT molecular complexity index is 1320. The van der Waals surface area contributed by atoms with Gasteiger partial charge in [-0.1, -0.05) is 49.4 Å². The summed E-state index contributed by atoms with van der Waals surface area (Å²) in [5, 5.41) is 11.5. The highest BCUT2D eigenvalue weighted by atomic mass is 16.5. The van der Waals surface area contributed by atoms with Crippen LogP contribution in [0.3, 0.4) is 0 Å². The van der Waals surface area contributed by atoms with Crippen LogP contribution in [-0.4, -0.2) is 49.6 Å². The van der Waals surface area contributed by atoms with E-state index in [0.29, 0.717) is 40.7 Å². The fourth-order valence-corrected chi connectivity index (χ4v) is 4.54. The third kappa shape index (κ3) is 5.16. The van der Waals surface area contributed by atoms with E-state index in [2.05, 4.69) is 0 Å². The fourth-order valence-electron chi connectivity index (χ4n) is 4.54. The quantitative estimate of drug-likeness (QED) is 0.227. The summed E-state index contributed by atoms with van der Waals surface area (Å²) in [5.41, 5.74) is 1.69. The minimum Gasteiger partial charge on any atom is -0.507 e. The van der Waals surface area contributed by atoms with E-state index in [1.165, 1.54) is 26.2 Å². The van der Waals surface area contributed by atoms with Crippen LogP contribution in [0.15, 0.2) is 72.3 Å². The summed E-state index contributed by atoms with van der Waals surface area (Å²) in [4.78, 5) is 28.3. The number of amides is 1. The Morgan fingerprint density at radius 2 is 1.58 bits per heavy atom. The number of hydrogen-bond donors (Lipinski definition) is 1. The Morgan fingerprint density at radius 1 is 0.895 bits per heavy atom. The second-order valence-corrected chi connectivity index (χ2v) is 8.75. The normalized spacial score (nSPS) is 16.4. The third-order valence-corrected chi connectivity index (χ3v) is 6.32. The van der Waals surface area contributed by atoms with Crippen molar-refractivity contribution in [2.24, 2.45) is 0 Å². The maximum atomic E-state index is 13.5. The number of likely N-dealkylation sites (tertiary alicyclic amines) is 1. The van der Waals surface area contributed by atoms with E-state index in [1.54, 1.807) is 36.4 Å². The van der Waals surface area contributed by atoms with Gasteiger partial charge in [0.15, 0.2) is 11.5 Å². The maximum absolute atomic E-state index is 13.5. The Morgan fingerprint density at radius 3 is 2.18 bits per heavy atom. The van der Waals surface area contributed by atoms with Crippen LogP contribution in [-0.2, 0) is 16.1 Å². The molecule has 1 fully saturated rings. The first-order valence-electron chi connectivity index (χ1n) is 12.3. The number of aliphatic hydroxyl groups is 1. The molecule has 0 radical (unpaired) electrons. The van der Waals surface area contributed by atoms with Gasteiger partial charge in [0.2, 0.25) is 5.75 Å². The zero-order valence-electron chi connectivity index (χ0n) is 21.9. The van der Waals surface area contributed by atoms with Gasteiger partial charge in [-0.05, 0) is 41.8 Å². The van der Waals surface area contributed by atoms with Crippen LogP contribution in [0.25, 0.3) is 5.76 Å². The highest BCUT2D eigenvalue weighted by Gasteiger charge is 2.46. The van der Waals surface area contributed by atoms with Gasteiger partial charge in [-0.15, -0.1) is 0 Å². The summed E-state index contributed by atoms with van der Waals surface area (Å²) in [7, 11) is 4.47. The number of carbonyl (C=O) groups excluding carboxylic acids is 2. The average molecular weight is 518 g/mol. The van der Waals surface area contributed by atoms with E-state index in [-0.39, 0.29) is 17.9 Å². The van der Waals surface area contributed by atoms with Crippen molar-refractivity contribution in [3.63, 3.8) is 0 Å². The fraction of sp³-hybridized carbons (Fsp3) is 0.267. The molecule has 3 aromatic carbocycles. The lowest BCUT2D eigenvalue weighted by atomic mass is 9.94. The number of ketones is 1. The molecule has 1 N–H and O–H groups in total. The van der Waals surface area contributed by atoms with Crippen molar-refractivity contribution >= 4 is 17.4 Å². The molecule has 0 saturated carbocycles. The molecule has 0 aromatic heterocycles. The molecule has 1 unspecified atom stereocenters. The van der Waals surface area contributed by atoms with Crippen LogP contribution in [0.4, 0.5) is 0 Å². The summed E-state index contributed by atoms with van der Waals surface area (Å²) in [5.74, 6) is -0.133. The summed E-state index contributed by atoms with van der Waals surface area (Å²) in [6.45, 7) is 2.66. The van der Waals surface area contributed by atoms with Crippen LogP contribution in [0.2, 0.25) is 0 Å². The van der Waals surface area contributed by atoms with Crippen LogP contribution in [0, 0.1) is 0 Å². The minimum atomic E-state index is -0.913. The molecule has 0 spiro atoms. The molecule has 8 nitrogen and oxygen atoms in total. The number of Topliss-reactive ketones (excluding diaryl/α,β-unsaturated/α-hetero) is 1. The van der Waals surface area contributed by atoms with Gasteiger partial charge in [0, 0.05) is 12.1 Å². The predicted molar refractivity (Wildman–Crippen MR) is 143 cm³/mol. The summed E-state index contributed by atoms with van der Waals surface area (Å²) in [6, 6.07) is 18.6. The Hall–Kier alpha value is -4.46. The zero-order valence-corrected chi connectivity index (χ0v) is 21.9. The van der Waals surface area contributed by atoms with Gasteiger partial charge in [-0.3, -0.25) is 9.59 Å². The number of hydrogen-bond acceptors (Lipinski definition) is 7. The molecule has 1 heterocycles. The smallest absolute Gasteiger partial charge is 0.295 e. The molecule has 1 amide bonds. The maximum Gasteiger partial charge on any atom is 0.295 e. The lowest BCUT2D eigenvalue weighted by Crippen LogP contribution is -2.29. The van der Waals surface area contributed by atoms with Crippen molar-refractivity contribution in [2.75, 3.05) is 27.9 Å². The van der Waals surface area contributed by atoms with E-state index in [9.17, 15) is 14.7 Å². The molecule has 0 aliphatic carbocycles. The number of methoxy groups -OCH3 is 3. The number of nitrogens with zero attached hydrogens (tertiary/aromatic N) is 1. The van der Waals surface area contributed by atoms with Gasteiger partial charge >= 0.3 is 0 Å². The Labute approximate surface area is 222 Å². The third-order valence-electron chi connectivity index (χ3n) is 6.32. The molecule has 3 aromatic rings. The molecule has 1 saturated heterocycles. The van der Waals surface area contributed by atoms with Crippen molar-refractivity contribution < 1.29 is 33.6 Å². The van der Waals surface area contributed by atoms with E-state index >= 15 is 0 Å². The first kappa shape index (κ1) is 26.6. The topological polar surface area (TPSA) is 94.5 Å². The first-order valence-corrected chi connectivity index (χ1v) is 12.3. The summed E-state index contributed by atoms with van der Waals surface area (Å²) >= 11 is 0. The average Bonchev–Trinajstić information content (AvgIpc) is 3.20. The van der Waals surface area contributed by atoms with Crippen LogP contribution in [0.5, 0.6) is 23.0 Å². The minimum absolute atomic E-state index is 0.0344. The Balaban J connectivity index is 1.91. The van der Waals surface area contributed by atoms with E-state index in [0.717, 1.165) is 12.0 Å². The number of aliphatic hydroxyl groups excluding tert-OH is 1. The van der Waals surface area contributed by atoms with Crippen molar-refractivity contribution in [1.29, 1.82) is 0 Å². The van der Waals surface area contributed by atoms with Crippen molar-refractivity contribution in [3.8, 4) is 23.0 Å². The summed E-state index contributed by atoms with van der Waals surface area (Å²) < 4.78 is 22.2. The van der Waals surface area contributed by atoms with E-state index in [4.69, 9.17) is 18.9 Å². The molecule has 1 aliphatic heterocycles. The van der Waals surface area contributed by atoms with Crippen molar-refractivity contribution in [3.05, 3.63) is 89.0 Å². The van der Waals surface area contributed by atoms with Crippen molar-refractivity contribution in [1.82, 2.24) is 4.90 Å². The van der Waals surface area contributed by atoms with Gasteiger partial charge in [0.1, 0.15) is 11.5 Å². The zero-order chi connectivity index (χ0) is 27.2. The largest absolute Gasteiger partial charge is 0.507 e. The molecular formula is C30H31NO7. The van der Waals surface area contributed by atoms with Gasteiger partial charge in [0.25, 0.3) is 11.7 Å². The molecular weight excluding hydrogens is 486 g/mol. The number of ether oxygens (including phenoxy) is 4. The number of rotatable bonds is 10. The molecule has 1 atom stereocenters. The highest BCUT2D eigenvalue weighted by molar-refractivity contribution is 6.46. The molecule has 8 heteroatoms. The lowest BCUT2D eigenvalue weighted by molar-refractivity contribution is -0.140. The molecule has 1 aliphatic rings. The van der Waals surface area contributed by atoms with Crippen LogP contribution < -0.4 is 18.9 Å². The van der Waals surface area contributed by atoms with E-state index in [1.807, 2.05) is 37.3 Å². The van der Waals surface area contributed by atoms with Gasteiger partial charge in [0.05, 0.1) is 39.6 Å². The van der Waals surface area contributed by atoms with Gasteiger partial charge < -0.3 is 29.0 Å². The predicted octanol–water partition coefficient (Wildman–Crippen LogP) is 5.12. The molecule has 0 bridgehead atoms. The molecule has 38 heavy (non-hydrogen) atoms. The van der Waals surface area contributed by atoms with Crippen LogP contribution >= 0.6 is 0 Å². The van der Waals surface area contributed by atoms with Crippen LogP contribution in [0.1, 0.15) is 36.1 Å². The first-order chi connectivity index (χ1) is 18.4.